The number of amides is 1. The molecule has 9 heteroatoms. The molecule has 2 aliphatic carbocycles. The van der Waals surface area contributed by atoms with E-state index in [0.29, 0.717) is 30.3 Å². The molecule has 8 nitrogen and oxygen atoms in total. The first kappa shape index (κ1) is 24.5. The number of aryl methyl sites for hydroxylation is 1. The molecule has 1 aromatic carbocycles. The first-order valence-corrected chi connectivity index (χ1v) is 13.4. The van der Waals surface area contributed by atoms with Crippen LogP contribution in [0.25, 0.3) is 0 Å². The Hall–Kier alpha value is -2.65. The third-order valence-electron chi connectivity index (χ3n) is 6.51. The van der Waals surface area contributed by atoms with Crippen molar-refractivity contribution in [3.63, 3.8) is 0 Å². The maximum atomic E-state index is 13.1. The lowest BCUT2D eigenvalue weighted by atomic mass is 9.83. The van der Waals surface area contributed by atoms with E-state index < -0.39 is 27.6 Å². The number of benzene rings is 1. The Kier molecular flexibility index (Phi) is 7.14. The number of anilines is 1. The highest BCUT2D eigenvalue weighted by molar-refractivity contribution is 7.90. The van der Waals surface area contributed by atoms with E-state index in [1.54, 1.807) is 13.0 Å². The molecule has 2 fully saturated rings. The van der Waals surface area contributed by atoms with Crippen molar-refractivity contribution in [2.75, 3.05) is 11.9 Å². The van der Waals surface area contributed by atoms with Crippen LogP contribution in [0.4, 0.5) is 5.82 Å². The summed E-state index contributed by atoms with van der Waals surface area (Å²) in [5.74, 6) is 0.731. The van der Waals surface area contributed by atoms with Crippen molar-refractivity contribution in [2.24, 2.45) is 0 Å². The highest BCUT2D eigenvalue weighted by Gasteiger charge is 2.54. The monoisotopic (exact) mass is 487 g/mol. The summed E-state index contributed by atoms with van der Waals surface area (Å²) >= 11 is 0. The fraction of sp³-hybridized carbons (Fsp3) is 0.520. The van der Waals surface area contributed by atoms with Crippen LogP contribution in [0.3, 0.4) is 0 Å². The summed E-state index contributed by atoms with van der Waals surface area (Å²) < 4.78 is 34.3. The number of sulfonamides is 1. The van der Waals surface area contributed by atoms with Gasteiger partial charge < -0.3 is 15.2 Å². The quantitative estimate of drug-likeness (QED) is 0.494. The van der Waals surface area contributed by atoms with Crippen LogP contribution in [0, 0.1) is 6.92 Å². The normalized spacial score (nSPS) is 18.7. The minimum atomic E-state index is -4.19. The van der Waals surface area contributed by atoms with E-state index >= 15 is 0 Å². The summed E-state index contributed by atoms with van der Waals surface area (Å²) in [4.78, 5) is 17.2. The third-order valence-corrected chi connectivity index (χ3v) is 7.74. The topological polar surface area (TPSA) is 118 Å². The van der Waals surface area contributed by atoms with Gasteiger partial charge in [0.1, 0.15) is 11.6 Å². The van der Waals surface area contributed by atoms with E-state index in [9.17, 15) is 18.3 Å². The SMILES string of the molecule is Cc1cccc(C2CCCCC2)c1OC1(C(=O)NS(=O)(=O)c2cccc(NC[C@@H](C)O)n2)CC1. The molecule has 34 heavy (non-hydrogen) atoms. The van der Waals surface area contributed by atoms with Crippen LogP contribution in [0.2, 0.25) is 0 Å². The Morgan fingerprint density at radius 2 is 1.88 bits per heavy atom. The van der Waals surface area contributed by atoms with Gasteiger partial charge in [-0.3, -0.25) is 4.79 Å². The summed E-state index contributed by atoms with van der Waals surface area (Å²) in [6.07, 6.45) is 6.09. The van der Waals surface area contributed by atoms with Crippen molar-refractivity contribution in [1.29, 1.82) is 0 Å². The summed E-state index contributed by atoms with van der Waals surface area (Å²) in [6.45, 7) is 3.79. The van der Waals surface area contributed by atoms with Gasteiger partial charge in [0.25, 0.3) is 15.9 Å². The molecule has 1 atom stereocenters. The number of aliphatic hydroxyl groups is 1. The van der Waals surface area contributed by atoms with Crippen molar-refractivity contribution in [3.8, 4) is 5.75 Å². The molecule has 1 heterocycles. The molecule has 2 aliphatic rings. The van der Waals surface area contributed by atoms with Gasteiger partial charge in [-0.25, -0.2) is 9.71 Å². The number of pyridine rings is 1. The molecule has 4 rings (SSSR count). The molecule has 0 aliphatic heterocycles. The lowest BCUT2D eigenvalue weighted by molar-refractivity contribution is -0.128. The molecule has 1 amide bonds. The fourth-order valence-corrected chi connectivity index (χ4v) is 5.43. The predicted molar refractivity (Wildman–Crippen MR) is 129 cm³/mol. The number of ether oxygens (including phenoxy) is 1. The highest BCUT2D eigenvalue weighted by Crippen LogP contribution is 2.46. The highest BCUT2D eigenvalue weighted by atomic mass is 32.2. The second-order valence-electron chi connectivity index (χ2n) is 9.45. The molecule has 0 bridgehead atoms. The Bertz CT molecular complexity index is 1140. The Morgan fingerprint density at radius 1 is 1.18 bits per heavy atom. The van der Waals surface area contributed by atoms with Crippen LogP contribution >= 0.6 is 0 Å². The van der Waals surface area contributed by atoms with Gasteiger partial charge in [0, 0.05) is 19.4 Å². The Morgan fingerprint density at radius 3 is 2.56 bits per heavy atom. The molecule has 0 unspecified atom stereocenters. The van der Waals surface area contributed by atoms with E-state index in [2.05, 4.69) is 21.1 Å². The number of aliphatic hydroxyl groups excluding tert-OH is 1. The van der Waals surface area contributed by atoms with Crippen molar-refractivity contribution in [3.05, 3.63) is 47.5 Å². The number of aromatic nitrogens is 1. The summed E-state index contributed by atoms with van der Waals surface area (Å²) in [5.41, 5.74) is 0.869. The molecule has 0 saturated heterocycles. The van der Waals surface area contributed by atoms with Crippen LogP contribution in [0.15, 0.2) is 41.4 Å². The first-order chi connectivity index (χ1) is 16.2. The van der Waals surface area contributed by atoms with Gasteiger partial charge in [-0.2, -0.15) is 8.42 Å². The van der Waals surface area contributed by atoms with E-state index in [-0.39, 0.29) is 11.6 Å². The van der Waals surface area contributed by atoms with Gasteiger partial charge in [-0.1, -0.05) is 43.5 Å². The summed E-state index contributed by atoms with van der Waals surface area (Å²) in [5, 5.41) is 12.0. The van der Waals surface area contributed by atoms with Crippen LogP contribution in [0.5, 0.6) is 5.75 Å². The van der Waals surface area contributed by atoms with Crippen molar-refractivity contribution >= 4 is 21.7 Å². The molecular formula is C25H33N3O5S. The van der Waals surface area contributed by atoms with Gasteiger partial charge in [0.15, 0.2) is 10.6 Å². The number of nitrogens with one attached hydrogen (secondary N) is 2. The summed E-state index contributed by atoms with van der Waals surface area (Å²) in [6, 6.07) is 10.5. The number of hydrogen-bond donors (Lipinski definition) is 3. The second-order valence-corrected chi connectivity index (χ2v) is 11.1. The summed E-state index contributed by atoms with van der Waals surface area (Å²) in [7, 11) is -4.19. The standard InChI is InChI=1S/C25H33N3O5S/c1-17-8-6-11-20(19-9-4-3-5-10-19)23(17)33-25(14-15-25)24(30)28-34(31,32)22-13-7-12-21(27-22)26-16-18(2)29/h6-8,11-13,18-19,29H,3-5,9-10,14-16H2,1-2H3,(H,26,27)(H,28,30)/t18-/m1/s1. The zero-order chi connectivity index (χ0) is 24.3. The van der Waals surface area contributed by atoms with Crippen LogP contribution < -0.4 is 14.8 Å². The van der Waals surface area contributed by atoms with Crippen molar-refractivity contribution in [1.82, 2.24) is 9.71 Å². The van der Waals surface area contributed by atoms with Gasteiger partial charge in [-0.05, 0) is 55.9 Å². The van der Waals surface area contributed by atoms with Crippen molar-refractivity contribution < 1.29 is 23.1 Å². The minimum absolute atomic E-state index is 0.222. The number of carbonyl (C=O) groups excluding carboxylic acids is 1. The lowest BCUT2D eigenvalue weighted by Gasteiger charge is -2.27. The molecule has 2 saturated carbocycles. The van der Waals surface area contributed by atoms with Gasteiger partial charge >= 0.3 is 0 Å². The Labute approximate surface area is 201 Å². The number of hydrogen-bond acceptors (Lipinski definition) is 7. The molecule has 1 aromatic heterocycles. The van der Waals surface area contributed by atoms with Gasteiger partial charge in [-0.15, -0.1) is 0 Å². The zero-order valence-corrected chi connectivity index (χ0v) is 20.5. The van der Waals surface area contributed by atoms with Crippen LogP contribution in [-0.2, 0) is 14.8 Å². The maximum absolute atomic E-state index is 13.1. The molecule has 2 aromatic rings. The second kappa shape index (κ2) is 9.92. The molecule has 184 valence electrons. The first-order valence-electron chi connectivity index (χ1n) is 11.9. The van der Waals surface area contributed by atoms with E-state index in [4.69, 9.17) is 4.74 Å². The minimum Gasteiger partial charge on any atom is -0.477 e. The zero-order valence-electron chi connectivity index (χ0n) is 19.7. The number of carbonyl (C=O) groups is 1. The smallest absolute Gasteiger partial charge is 0.281 e. The Balaban J connectivity index is 1.51. The lowest BCUT2D eigenvalue weighted by Crippen LogP contribution is -2.43. The number of rotatable bonds is 9. The van der Waals surface area contributed by atoms with E-state index in [0.717, 1.165) is 24.0 Å². The van der Waals surface area contributed by atoms with Gasteiger partial charge in [0.05, 0.1) is 6.10 Å². The molecular weight excluding hydrogens is 454 g/mol. The van der Waals surface area contributed by atoms with E-state index in [1.165, 1.54) is 31.4 Å². The largest absolute Gasteiger partial charge is 0.477 e. The average Bonchev–Trinajstić information content (AvgIpc) is 3.60. The van der Waals surface area contributed by atoms with E-state index in [1.807, 2.05) is 19.1 Å². The maximum Gasteiger partial charge on any atom is 0.281 e. The number of para-hydroxylation sites is 1. The fourth-order valence-electron chi connectivity index (χ4n) is 4.42. The molecule has 3 N–H and O–H groups in total. The predicted octanol–water partition coefficient (Wildman–Crippen LogP) is 3.65. The van der Waals surface area contributed by atoms with Crippen LogP contribution in [0.1, 0.15) is 68.9 Å². The van der Waals surface area contributed by atoms with Crippen molar-refractivity contribution in [2.45, 2.75) is 81.4 Å². The molecule has 0 spiro atoms. The van der Waals surface area contributed by atoms with Crippen LogP contribution in [-0.4, -0.2) is 42.7 Å². The molecule has 0 radical (unpaired) electrons. The van der Waals surface area contributed by atoms with Gasteiger partial charge in [0.2, 0.25) is 0 Å². The number of nitrogens with zero attached hydrogens (tertiary/aromatic N) is 1. The average molecular weight is 488 g/mol. The third kappa shape index (κ3) is 5.52.